The van der Waals surface area contributed by atoms with Crippen LogP contribution < -0.4 is 0 Å². The third-order valence-electron chi connectivity index (χ3n) is 3.04. The van der Waals surface area contributed by atoms with E-state index >= 15 is 0 Å². The summed E-state index contributed by atoms with van der Waals surface area (Å²) in [4.78, 5) is 0. The fraction of sp³-hybridized carbons (Fsp3) is 0.500. The van der Waals surface area contributed by atoms with Crippen molar-refractivity contribution in [1.29, 1.82) is 0 Å². The molecule has 0 aliphatic rings. The summed E-state index contributed by atoms with van der Waals surface area (Å²) in [6.07, 6.45) is -1.36. The molecule has 2 atom stereocenters. The van der Waals surface area contributed by atoms with Gasteiger partial charge in [-0.3, -0.25) is 0 Å². The van der Waals surface area contributed by atoms with Crippen molar-refractivity contribution in [2.45, 2.75) is 30.6 Å². The van der Waals surface area contributed by atoms with E-state index in [4.69, 9.17) is 34.8 Å². The monoisotopic (exact) mass is 344 g/mol. The minimum absolute atomic E-state index is 0.0604. The van der Waals surface area contributed by atoms with Crippen LogP contribution in [0.4, 0.5) is 0 Å². The standard InChI is InChI=1S/C12H15Cl3O3S/c1-3-12(15,19(17,18)4-2)11(16)9-6-5-8(13)7-10(9)14/h5-7,11,16H,3-4H2,1-2H3/t11-,12+/m0/s1. The average molecular weight is 346 g/mol. The Morgan fingerprint density at radius 3 is 2.32 bits per heavy atom. The van der Waals surface area contributed by atoms with E-state index in [1.54, 1.807) is 6.92 Å². The minimum atomic E-state index is -3.66. The SMILES string of the molecule is CC[C@](Cl)([C@@H](O)c1ccc(Cl)cc1Cl)S(=O)(=O)CC. The molecule has 0 radical (unpaired) electrons. The molecule has 0 heterocycles. The summed E-state index contributed by atoms with van der Waals surface area (Å²) in [5.74, 6) is -0.160. The maximum atomic E-state index is 12.1. The van der Waals surface area contributed by atoms with Gasteiger partial charge in [0.05, 0.1) is 0 Å². The molecule has 0 amide bonds. The third-order valence-corrected chi connectivity index (χ3v) is 7.09. The zero-order valence-electron chi connectivity index (χ0n) is 10.5. The van der Waals surface area contributed by atoms with E-state index < -0.39 is 20.1 Å². The molecule has 0 bridgehead atoms. The molecular weight excluding hydrogens is 331 g/mol. The van der Waals surface area contributed by atoms with Crippen molar-refractivity contribution >= 4 is 44.6 Å². The van der Waals surface area contributed by atoms with Gasteiger partial charge in [0.1, 0.15) is 6.10 Å². The predicted molar refractivity (Wildman–Crippen MR) is 79.8 cm³/mol. The topological polar surface area (TPSA) is 54.4 Å². The summed E-state index contributed by atoms with van der Waals surface area (Å²) in [5.41, 5.74) is 0.250. The smallest absolute Gasteiger partial charge is 0.175 e. The van der Waals surface area contributed by atoms with Gasteiger partial charge in [0.2, 0.25) is 0 Å². The molecule has 0 aromatic heterocycles. The van der Waals surface area contributed by atoms with Gasteiger partial charge in [0.25, 0.3) is 0 Å². The second-order valence-corrected chi connectivity index (χ2v) is 8.39. The van der Waals surface area contributed by atoms with Crippen molar-refractivity contribution in [3.8, 4) is 0 Å². The molecule has 0 aliphatic heterocycles. The highest BCUT2D eigenvalue weighted by molar-refractivity contribution is 7.94. The first-order chi connectivity index (χ1) is 8.69. The van der Waals surface area contributed by atoms with Crippen molar-refractivity contribution in [2.24, 2.45) is 0 Å². The van der Waals surface area contributed by atoms with Gasteiger partial charge in [0, 0.05) is 21.4 Å². The molecule has 1 aromatic rings. The third kappa shape index (κ3) is 3.19. The number of benzene rings is 1. The number of alkyl halides is 1. The van der Waals surface area contributed by atoms with Crippen LogP contribution in [0.25, 0.3) is 0 Å². The van der Waals surface area contributed by atoms with E-state index in [0.717, 1.165) is 0 Å². The molecule has 1 N–H and O–H groups in total. The molecule has 19 heavy (non-hydrogen) atoms. The molecule has 0 saturated carbocycles. The number of rotatable bonds is 5. The molecule has 1 rings (SSSR count). The van der Waals surface area contributed by atoms with Gasteiger partial charge in [-0.1, -0.05) is 54.7 Å². The molecular formula is C12H15Cl3O3S. The summed E-state index contributed by atoms with van der Waals surface area (Å²) < 4.78 is 22.4. The lowest BCUT2D eigenvalue weighted by molar-refractivity contribution is 0.154. The van der Waals surface area contributed by atoms with E-state index in [-0.39, 0.29) is 22.8 Å². The van der Waals surface area contributed by atoms with Crippen LogP contribution in [0.5, 0.6) is 0 Å². The van der Waals surface area contributed by atoms with Gasteiger partial charge in [-0.15, -0.1) is 0 Å². The second-order valence-electron chi connectivity index (χ2n) is 4.11. The van der Waals surface area contributed by atoms with Crippen LogP contribution in [0.1, 0.15) is 31.9 Å². The van der Waals surface area contributed by atoms with E-state index in [9.17, 15) is 13.5 Å². The Kier molecular flexibility index (Phi) is 5.55. The van der Waals surface area contributed by atoms with Gasteiger partial charge >= 0.3 is 0 Å². The van der Waals surface area contributed by atoms with Crippen LogP contribution in [0.15, 0.2) is 18.2 Å². The van der Waals surface area contributed by atoms with Crippen molar-refractivity contribution in [2.75, 3.05) is 5.75 Å². The largest absolute Gasteiger partial charge is 0.385 e. The first-order valence-electron chi connectivity index (χ1n) is 5.73. The number of halogens is 3. The number of aliphatic hydroxyl groups excluding tert-OH is 1. The summed E-state index contributed by atoms with van der Waals surface area (Å²) in [6.45, 7) is 3.09. The normalized spacial score (nSPS) is 16.9. The molecule has 3 nitrogen and oxygen atoms in total. The lowest BCUT2D eigenvalue weighted by Crippen LogP contribution is -2.39. The highest BCUT2D eigenvalue weighted by Crippen LogP contribution is 2.42. The lowest BCUT2D eigenvalue weighted by Gasteiger charge is -2.31. The van der Waals surface area contributed by atoms with Crippen molar-refractivity contribution in [3.63, 3.8) is 0 Å². The van der Waals surface area contributed by atoms with Gasteiger partial charge in [0.15, 0.2) is 14.0 Å². The average Bonchev–Trinajstić information content (AvgIpc) is 2.36. The maximum absolute atomic E-state index is 12.1. The molecule has 0 spiro atoms. The van der Waals surface area contributed by atoms with Gasteiger partial charge < -0.3 is 5.11 Å². The Labute approximate surface area is 128 Å². The van der Waals surface area contributed by atoms with E-state index in [2.05, 4.69) is 0 Å². The molecule has 0 aliphatic carbocycles. The van der Waals surface area contributed by atoms with E-state index in [1.165, 1.54) is 25.1 Å². The molecule has 0 fully saturated rings. The van der Waals surface area contributed by atoms with Gasteiger partial charge in [-0.2, -0.15) is 0 Å². The zero-order chi connectivity index (χ0) is 14.8. The Morgan fingerprint density at radius 2 is 1.89 bits per heavy atom. The fourth-order valence-electron chi connectivity index (χ4n) is 1.78. The van der Waals surface area contributed by atoms with Crippen molar-refractivity contribution < 1.29 is 13.5 Å². The summed E-state index contributed by atoms with van der Waals surface area (Å²) in [5, 5.41) is 10.9. The van der Waals surface area contributed by atoms with Gasteiger partial charge in [-0.25, -0.2) is 8.42 Å². The fourth-order valence-corrected chi connectivity index (χ4v) is 4.12. The van der Waals surface area contributed by atoms with Crippen LogP contribution in [-0.4, -0.2) is 23.5 Å². The Hall–Kier alpha value is -0.000000000000000111. The number of hydrogen-bond acceptors (Lipinski definition) is 3. The quantitative estimate of drug-likeness (QED) is 0.826. The molecule has 1 aromatic carbocycles. The van der Waals surface area contributed by atoms with Crippen LogP contribution >= 0.6 is 34.8 Å². The number of aliphatic hydroxyl groups is 1. The first-order valence-corrected chi connectivity index (χ1v) is 8.52. The van der Waals surface area contributed by atoms with Gasteiger partial charge in [-0.05, 0) is 18.6 Å². The van der Waals surface area contributed by atoms with Crippen molar-refractivity contribution in [1.82, 2.24) is 0 Å². The molecule has 0 unspecified atom stereocenters. The molecule has 0 saturated heterocycles. The minimum Gasteiger partial charge on any atom is -0.385 e. The van der Waals surface area contributed by atoms with Crippen LogP contribution in [0.2, 0.25) is 10.0 Å². The Morgan fingerprint density at radius 1 is 1.32 bits per heavy atom. The Balaban J connectivity index is 3.34. The summed E-state index contributed by atoms with van der Waals surface area (Å²) in [6, 6.07) is 4.44. The van der Waals surface area contributed by atoms with Crippen LogP contribution in [0, 0.1) is 0 Å². The maximum Gasteiger partial charge on any atom is 0.175 e. The zero-order valence-corrected chi connectivity index (χ0v) is 13.6. The predicted octanol–water partition coefficient (Wildman–Crippen LogP) is 3.81. The second kappa shape index (κ2) is 6.19. The summed E-state index contributed by atoms with van der Waals surface area (Å²) >= 11 is 17.9. The van der Waals surface area contributed by atoms with Crippen LogP contribution in [-0.2, 0) is 9.84 Å². The van der Waals surface area contributed by atoms with Crippen LogP contribution in [0.3, 0.4) is 0 Å². The highest BCUT2D eigenvalue weighted by atomic mass is 35.5. The lowest BCUT2D eigenvalue weighted by atomic mass is 10.0. The highest BCUT2D eigenvalue weighted by Gasteiger charge is 2.47. The Bertz CT molecular complexity index is 559. The molecule has 7 heteroatoms. The number of sulfone groups is 1. The molecule has 108 valence electrons. The van der Waals surface area contributed by atoms with E-state index in [1.807, 2.05) is 0 Å². The summed E-state index contributed by atoms with van der Waals surface area (Å²) in [7, 11) is -3.66. The van der Waals surface area contributed by atoms with E-state index in [0.29, 0.717) is 5.02 Å². The van der Waals surface area contributed by atoms with Crippen molar-refractivity contribution in [3.05, 3.63) is 33.8 Å². The first kappa shape index (κ1) is 17.1. The number of hydrogen-bond donors (Lipinski definition) is 1.